The molecule has 0 heterocycles. The summed E-state index contributed by atoms with van der Waals surface area (Å²) in [6.45, 7) is 3.69. The zero-order chi connectivity index (χ0) is 17.9. The SMILES string of the molecule is Cc1ccc(C)c(NC(=O)C(=O)C(C#N)c2c(Cl)cccc2Cl)c1. The second-order valence-electron chi connectivity index (χ2n) is 5.33. The molecule has 0 aromatic heterocycles. The maximum absolute atomic E-state index is 12.4. The molecule has 1 N–H and O–H groups in total. The molecule has 24 heavy (non-hydrogen) atoms. The van der Waals surface area contributed by atoms with E-state index in [1.54, 1.807) is 12.1 Å². The molecule has 0 radical (unpaired) electrons. The van der Waals surface area contributed by atoms with E-state index >= 15 is 0 Å². The van der Waals surface area contributed by atoms with Crippen molar-refractivity contribution in [2.24, 2.45) is 0 Å². The molecule has 0 aliphatic rings. The van der Waals surface area contributed by atoms with Crippen molar-refractivity contribution < 1.29 is 9.59 Å². The highest BCUT2D eigenvalue weighted by Crippen LogP contribution is 2.32. The first-order valence-corrected chi connectivity index (χ1v) is 7.86. The lowest BCUT2D eigenvalue weighted by atomic mass is 9.95. The van der Waals surface area contributed by atoms with Gasteiger partial charge in [0.25, 0.3) is 5.91 Å². The molecule has 0 bridgehead atoms. The van der Waals surface area contributed by atoms with Gasteiger partial charge in [0.2, 0.25) is 5.78 Å². The Bertz CT molecular complexity index is 836. The van der Waals surface area contributed by atoms with Gasteiger partial charge in [-0.3, -0.25) is 9.59 Å². The van der Waals surface area contributed by atoms with Crippen LogP contribution in [-0.2, 0) is 9.59 Å². The van der Waals surface area contributed by atoms with Gasteiger partial charge in [-0.1, -0.05) is 41.4 Å². The fourth-order valence-electron chi connectivity index (χ4n) is 2.23. The summed E-state index contributed by atoms with van der Waals surface area (Å²) in [5.74, 6) is -3.16. The van der Waals surface area contributed by atoms with E-state index in [0.29, 0.717) is 5.69 Å². The lowest BCUT2D eigenvalue weighted by Crippen LogP contribution is -2.28. The monoisotopic (exact) mass is 360 g/mol. The van der Waals surface area contributed by atoms with Gasteiger partial charge in [-0.15, -0.1) is 0 Å². The number of hydrogen-bond donors (Lipinski definition) is 1. The molecule has 0 saturated heterocycles. The molecule has 0 aliphatic heterocycles. The Kier molecular flexibility index (Phi) is 5.61. The summed E-state index contributed by atoms with van der Waals surface area (Å²) in [5.41, 5.74) is 2.42. The Morgan fingerprint density at radius 2 is 1.75 bits per heavy atom. The van der Waals surface area contributed by atoms with Gasteiger partial charge >= 0.3 is 0 Å². The Morgan fingerprint density at radius 1 is 1.12 bits per heavy atom. The van der Waals surface area contributed by atoms with Crippen LogP contribution in [0.25, 0.3) is 0 Å². The van der Waals surface area contributed by atoms with E-state index in [9.17, 15) is 14.9 Å². The molecule has 1 atom stereocenters. The van der Waals surface area contributed by atoms with E-state index in [0.717, 1.165) is 11.1 Å². The molecule has 6 heteroatoms. The van der Waals surface area contributed by atoms with E-state index in [1.807, 2.05) is 32.0 Å². The number of amides is 1. The number of halogens is 2. The Balaban J connectivity index is 2.31. The molecule has 0 saturated carbocycles. The fraction of sp³-hybridized carbons (Fsp3) is 0.167. The molecule has 1 amide bonds. The van der Waals surface area contributed by atoms with E-state index in [2.05, 4.69) is 5.32 Å². The first-order chi connectivity index (χ1) is 11.3. The Hall–Kier alpha value is -2.35. The van der Waals surface area contributed by atoms with E-state index in [4.69, 9.17) is 23.2 Å². The molecule has 4 nitrogen and oxygen atoms in total. The average Bonchev–Trinajstić information content (AvgIpc) is 2.54. The second-order valence-corrected chi connectivity index (χ2v) is 6.15. The van der Waals surface area contributed by atoms with E-state index < -0.39 is 17.6 Å². The maximum Gasteiger partial charge on any atom is 0.293 e. The number of benzene rings is 2. The van der Waals surface area contributed by atoms with Crippen LogP contribution in [0.2, 0.25) is 10.0 Å². The number of aryl methyl sites for hydroxylation is 2. The molecule has 2 aromatic rings. The predicted octanol–water partition coefficient (Wildman–Crippen LogP) is 4.43. The van der Waals surface area contributed by atoms with Crippen LogP contribution >= 0.6 is 23.2 Å². The van der Waals surface area contributed by atoms with Crippen molar-refractivity contribution in [1.82, 2.24) is 0 Å². The zero-order valence-electron chi connectivity index (χ0n) is 13.1. The van der Waals surface area contributed by atoms with Crippen molar-refractivity contribution in [3.05, 3.63) is 63.1 Å². The van der Waals surface area contributed by atoms with Crippen LogP contribution in [0.1, 0.15) is 22.6 Å². The van der Waals surface area contributed by atoms with Crippen molar-refractivity contribution in [2.45, 2.75) is 19.8 Å². The van der Waals surface area contributed by atoms with Gasteiger partial charge in [0.05, 0.1) is 6.07 Å². The van der Waals surface area contributed by atoms with Crippen molar-refractivity contribution >= 4 is 40.6 Å². The van der Waals surface area contributed by atoms with Crippen molar-refractivity contribution in [2.75, 3.05) is 5.32 Å². The quantitative estimate of drug-likeness (QED) is 0.820. The van der Waals surface area contributed by atoms with Gasteiger partial charge in [0.1, 0.15) is 5.92 Å². The van der Waals surface area contributed by atoms with Crippen molar-refractivity contribution in [3.8, 4) is 6.07 Å². The number of hydrogen-bond acceptors (Lipinski definition) is 3. The average molecular weight is 361 g/mol. The predicted molar refractivity (Wildman–Crippen MR) is 94.4 cm³/mol. The van der Waals surface area contributed by atoms with Crippen LogP contribution in [0.5, 0.6) is 0 Å². The molecule has 2 rings (SSSR count). The third-order valence-electron chi connectivity index (χ3n) is 3.54. The molecule has 0 aliphatic carbocycles. The van der Waals surface area contributed by atoms with E-state index in [1.165, 1.54) is 12.1 Å². The van der Waals surface area contributed by atoms with Crippen molar-refractivity contribution in [3.63, 3.8) is 0 Å². The van der Waals surface area contributed by atoms with Gasteiger partial charge in [0.15, 0.2) is 0 Å². The van der Waals surface area contributed by atoms with Gasteiger partial charge < -0.3 is 5.32 Å². The number of nitrogens with one attached hydrogen (secondary N) is 1. The van der Waals surface area contributed by atoms with Gasteiger partial charge in [-0.2, -0.15) is 5.26 Å². The number of Topliss-reactive ketones (excluding diaryl/α,β-unsaturated/α-hetero) is 1. The van der Waals surface area contributed by atoms with Gasteiger partial charge in [0, 0.05) is 21.3 Å². The number of anilines is 1. The van der Waals surface area contributed by atoms with Crippen LogP contribution in [-0.4, -0.2) is 11.7 Å². The number of carbonyl (C=O) groups excluding carboxylic acids is 2. The minimum Gasteiger partial charge on any atom is -0.319 e. The molecule has 1 unspecified atom stereocenters. The summed E-state index contributed by atoms with van der Waals surface area (Å²) >= 11 is 12.1. The lowest BCUT2D eigenvalue weighted by molar-refractivity contribution is -0.135. The maximum atomic E-state index is 12.4. The molecule has 0 fully saturated rings. The van der Waals surface area contributed by atoms with E-state index in [-0.39, 0.29) is 15.6 Å². The molecular formula is C18H14Cl2N2O2. The fourth-order valence-corrected chi connectivity index (χ4v) is 2.84. The van der Waals surface area contributed by atoms with Crippen LogP contribution in [0.15, 0.2) is 36.4 Å². The van der Waals surface area contributed by atoms with Crippen LogP contribution in [0, 0.1) is 25.2 Å². The number of nitrogens with zero attached hydrogens (tertiary/aromatic N) is 1. The van der Waals surface area contributed by atoms with Crippen LogP contribution < -0.4 is 5.32 Å². The number of carbonyl (C=O) groups is 2. The minimum absolute atomic E-state index is 0.143. The summed E-state index contributed by atoms with van der Waals surface area (Å²) in [4.78, 5) is 24.7. The summed E-state index contributed by atoms with van der Waals surface area (Å²) in [5, 5.41) is 12.2. The lowest BCUT2D eigenvalue weighted by Gasteiger charge is -2.13. The highest BCUT2D eigenvalue weighted by molar-refractivity contribution is 6.44. The Morgan fingerprint density at radius 3 is 2.33 bits per heavy atom. The van der Waals surface area contributed by atoms with Crippen LogP contribution in [0.4, 0.5) is 5.69 Å². The molecule has 2 aromatic carbocycles. The first kappa shape index (κ1) is 18.0. The smallest absolute Gasteiger partial charge is 0.293 e. The standard InChI is InChI=1S/C18H14Cl2N2O2/c1-10-6-7-11(2)15(8-10)22-18(24)17(23)12(9-21)16-13(19)4-3-5-14(16)20/h3-8,12H,1-2H3,(H,22,24). The topological polar surface area (TPSA) is 70.0 Å². The third-order valence-corrected chi connectivity index (χ3v) is 4.20. The number of nitriles is 1. The number of rotatable bonds is 4. The summed E-state index contributed by atoms with van der Waals surface area (Å²) in [7, 11) is 0. The molecular weight excluding hydrogens is 347 g/mol. The Labute approximate surface area is 150 Å². The first-order valence-electron chi connectivity index (χ1n) is 7.11. The summed E-state index contributed by atoms with van der Waals surface area (Å²) in [6.07, 6.45) is 0. The summed E-state index contributed by atoms with van der Waals surface area (Å²) in [6, 6.07) is 11.9. The minimum atomic E-state index is -1.36. The molecule has 0 spiro atoms. The third kappa shape index (κ3) is 3.76. The van der Waals surface area contributed by atoms with Crippen molar-refractivity contribution in [1.29, 1.82) is 5.26 Å². The van der Waals surface area contributed by atoms with Crippen LogP contribution in [0.3, 0.4) is 0 Å². The molecule has 122 valence electrons. The van der Waals surface area contributed by atoms with Gasteiger partial charge in [-0.25, -0.2) is 0 Å². The highest BCUT2D eigenvalue weighted by atomic mass is 35.5. The normalized spacial score (nSPS) is 11.5. The largest absolute Gasteiger partial charge is 0.319 e. The summed E-state index contributed by atoms with van der Waals surface area (Å²) < 4.78 is 0. The zero-order valence-corrected chi connectivity index (χ0v) is 14.6. The highest BCUT2D eigenvalue weighted by Gasteiger charge is 2.30. The van der Waals surface area contributed by atoms with Gasteiger partial charge in [-0.05, 0) is 43.2 Å². The number of ketones is 1. The second kappa shape index (κ2) is 7.48.